The normalized spacial score (nSPS) is 17.3. The minimum Gasteiger partial charge on any atom is -0.0689 e. The Morgan fingerprint density at radius 2 is 1.48 bits per heavy atom. The molecule has 8 rings (SSSR count). The fraction of sp³-hybridized carbons (Fsp3) is 0.256. The van der Waals surface area contributed by atoms with Gasteiger partial charge in [-0.25, -0.2) is 0 Å². The Balaban J connectivity index is 1.36. The van der Waals surface area contributed by atoms with Gasteiger partial charge >= 0.3 is 0 Å². The maximum Gasteiger partial charge on any atom is 0.120 e. The fourth-order valence-electron chi connectivity index (χ4n) is 8.43. The molecule has 2 aliphatic carbocycles. The summed E-state index contributed by atoms with van der Waals surface area (Å²) < 4.78 is 0. The lowest BCUT2D eigenvalue weighted by Gasteiger charge is -2.26. The van der Waals surface area contributed by atoms with Gasteiger partial charge in [-0.15, -0.1) is 0 Å². The number of rotatable bonds is 4. The molecule has 0 fully saturated rings. The quantitative estimate of drug-likeness (QED) is 0.184. The van der Waals surface area contributed by atoms with Crippen LogP contribution in [0.1, 0.15) is 80.8 Å². The van der Waals surface area contributed by atoms with Crippen LogP contribution in [-0.4, -0.2) is 8.80 Å². The Bertz CT molecular complexity index is 2050. The van der Waals surface area contributed by atoms with Crippen LogP contribution in [-0.2, 0) is 11.8 Å². The summed E-state index contributed by atoms with van der Waals surface area (Å²) in [5.74, 6) is 0.765. The minimum atomic E-state index is -0.901. The van der Waals surface area contributed by atoms with Crippen molar-refractivity contribution >= 4 is 36.0 Å². The molecule has 0 saturated carbocycles. The van der Waals surface area contributed by atoms with Gasteiger partial charge in [-0.3, -0.25) is 0 Å². The van der Waals surface area contributed by atoms with Gasteiger partial charge in [0.05, 0.1) is 0 Å². The van der Waals surface area contributed by atoms with E-state index >= 15 is 0 Å². The van der Waals surface area contributed by atoms with Crippen molar-refractivity contribution in [2.24, 2.45) is 5.92 Å². The Hall–Kier alpha value is -3.94. The molecule has 1 heteroatoms. The molecule has 1 radical (unpaired) electrons. The number of benzene rings is 5. The molecule has 1 heterocycles. The molecule has 44 heavy (non-hydrogen) atoms. The van der Waals surface area contributed by atoms with E-state index in [1.165, 1.54) is 44.2 Å². The Morgan fingerprint density at radius 3 is 2.23 bits per heavy atom. The van der Waals surface area contributed by atoms with Gasteiger partial charge in [-0.05, 0) is 101 Å². The Morgan fingerprint density at radius 1 is 0.773 bits per heavy atom. The van der Waals surface area contributed by atoms with Crippen molar-refractivity contribution in [1.82, 2.24) is 0 Å². The van der Waals surface area contributed by atoms with E-state index in [1.54, 1.807) is 43.8 Å². The van der Waals surface area contributed by atoms with E-state index in [4.69, 9.17) is 0 Å². The first-order valence-corrected chi connectivity index (χ1v) is 18.3. The van der Waals surface area contributed by atoms with E-state index in [2.05, 4.69) is 145 Å². The van der Waals surface area contributed by atoms with Crippen molar-refractivity contribution in [3.8, 4) is 22.3 Å². The predicted molar refractivity (Wildman–Crippen MR) is 192 cm³/mol. The molecular weight excluding hydrogens is 545 g/mol. The summed E-state index contributed by atoms with van der Waals surface area (Å²) in [4.78, 5) is 0. The van der Waals surface area contributed by atoms with Crippen molar-refractivity contribution in [2.45, 2.75) is 65.8 Å². The number of hydrogen-bond acceptors (Lipinski definition) is 0. The number of allylic oxidation sites excluding steroid dienone is 2. The standard InChI is InChI=1S/C43H41Si/c1-25(2)35-24-36-32(28-18-20-30(21-19-28)43(4,5)6)15-11-17-34(36)39(35)37-23-29-22-26(3)41-38(29)40(42(37)44(41)7)33-16-10-13-27-12-8-9-14-31(27)33/h8-21,23-25,39H,22H2,1-7H3. The monoisotopic (exact) mass is 585 g/mol. The summed E-state index contributed by atoms with van der Waals surface area (Å²) in [6.07, 6.45) is 3.65. The summed E-state index contributed by atoms with van der Waals surface area (Å²) in [5, 5.41) is 6.06. The first kappa shape index (κ1) is 27.6. The first-order valence-electron chi connectivity index (χ1n) is 16.3. The van der Waals surface area contributed by atoms with Crippen LogP contribution in [0.15, 0.2) is 102 Å². The second-order valence-corrected chi connectivity index (χ2v) is 16.9. The molecule has 0 N–H and O–H groups in total. The third-order valence-corrected chi connectivity index (χ3v) is 13.2. The van der Waals surface area contributed by atoms with Crippen molar-refractivity contribution < 1.29 is 0 Å². The smallest absolute Gasteiger partial charge is 0.0689 e. The largest absolute Gasteiger partial charge is 0.120 e. The molecule has 0 nitrogen and oxygen atoms in total. The molecular formula is C43H41Si. The van der Waals surface area contributed by atoms with Crippen molar-refractivity contribution in [3.63, 3.8) is 0 Å². The summed E-state index contributed by atoms with van der Waals surface area (Å²) in [7, 11) is -0.901. The highest BCUT2D eigenvalue weighted by Crippen LogP contribution is 2.53. The molecule has 2 bridgehead atoms. The summed E-state index contributed by atoms with van der Waals surface area (Å²) in [6, 6.07) is 34.9. The second kappa shape index (κ2) is 9.78. The van der Waals surface area contributed by atoms with E-state index in [9.17, 15) is 0 Å². The molecule has 0 aromatic heterocycles. The zero-order valence-electron chi connectivity index (χ0n) is 27.1. The van der Waals surface area contributed by atoms with Crippen LogP contribution >= 0.6 is 0 Å². The average molecular weight is 586 g/mol. The molecule has 1 atom stereocenters. The molecule has 5 aromatic rings. The molecule has 1 aliphatic heterocycles. The fourth-order valence-corrected chi connectivity index (χ4v) is 11.3. The average Bonchev–Trinajstić information content (AvgIpc) is 3.63. The van der Waals surface area contributed by atoms with Crippen LogP contribution in [0.4, 0.5) is 0 Å². The van der Waals surface area contributed by atoms with Crippen LogP contribution in [0.3, 0.4) is 0 Å². The lowest BCUT2D eigenvalue weighted by atomic mass is 9.80. The van der Waals surface area contributed by atoms with Gasteiger partial charge in [0, 0.05) is 5.92 Å². The minimum absolute atomic E-state index is 0.150. The van der Waals surface area contributed by atoms with Gasteiger partial charge < -0.3 is 0 Å². The van der Waals surface area contributed by atoms with Crippen molar-refractivity contribution in [3.05, 3.63) is 136 Å². The van der Waals surface area contributed by atoms with Crippen LogP contribution in [0, 0.1) is 5.92 Å². The summed E-state index contributed by atoms with van der Waals surface area (Å²) in [6.45, 7) is 16.6. The highest BCUT2D eigenvalue weighted by molar-refractivity contribution is 6.93. The van der Waals surface area contributed by atoms with E-state index in [1.807, 2.05) is 0 Å². The molecule has 0 spiro atoms. The molecule has 0 amide bonds. The third-order valence-electron chi connectivity index (χ3n) is 10.5. The van der Waals surface area contributed by atoms with Crippen LogP contribution in [0.2, 0.25) is 6.55 Å². The van der Waals surface area contributed by atoms with Gasteiger partial charge in [0.25, 0.3) is 0 Å². The van der Waals surface area contributed by atoms with Gasteiger partial charge in [0.2, 0.25) is 0 Å². The number of hydrogen-bond donors (Lipinski definition) is 0. The molecule has 0 saturated heterocycles. The Labute approximate surface area is 264 Å². The highest BCUT2D eigenvalue weighted by Gasteiger charge is 2.43. The lowest BCUT2D eigenvalue weighted by Crippen LogP contribution is -2.30. The van der Waals surface area contributed by atoms with E-state index in [-0.39, 0.29) is 5.41 Å². The van der Waals surface area contributed by atoms with Crippen LogP contribution < -0.4 is 5.19 Å². The van der Waals surface area contributed by atoms with E-state index < -0.39 is 8.80 Å². The SMILES string of the molecule is CC1=C2c3c(cc(C4C(C(C)C)=Cc5c(-c6ccc(C(C)(C)C)cc6)cccc54)c(c3-c3cccc4ccccc34)[Si]2C)C1. The number of fused-ring (bicyclic) bond motifs is 3. The first-order chi connectivity index (χ1) is 21.1. The summed E-state index contributed by atoms with van der Waals surface area (Å²) >= 11 is 0. The van der Waals surface area contributed by atoms with Gasteiger partial charge in [-0.2, -0.15) is 0 Å². The zero-order valence-corrected chi connectivity index (χ0v) is 28.1. The summed E-state index contributed by atoms with van der Waals surface area (Å²) in [5.41, 5.74) is 17.9. The zero-order chi connectivity index (χ0) is 30.5. The van der Waals surface area contributed by atoms with E-state index in [0.29, 0.717) is 11.8 Å². The van der Waals surface area contributed by atoms with Crippen molar-refractivity contribution in [2.75, 3.05) is 0 Å². The maximum absolute atomic E-state index is 2.64. The third kappa shape index (κ3) is 3.95. The van der Waals surface area contributed by atoms with Crippen molar-refractivity contribution in [1.29, 1.82) is 0 Å². The highest BCUT2D eigenvalue weighted by atomic mass is 28.3. The van der Waals surface area contributed by atoms with Crippen LogP contribution in [0.5, 0.6) is 0 Å². The van der Waals surface area contributed by atoms with Gasteiger partial charge in [0.1, 0.15) is 8.80 Å². The molecule has 217 valence electrons. The van der Waals surface area contributed by atoms with E-state index in [0.717, 1.165) is 6.42 Å². The lowest BCUT2D eigenvalue weighted by molar-refractivity contribution is 0.590. The van der Waals surface area contributed by atoms with Crippen LogP contribution in [0.25, 0.3) is 44.3 Å². The molecule has 3 aliphatic rings. The predicted octanol–water partition coefficient (Wildman–Crippen LogP) is 10.9. The Kier molecular flexibility index (Phi) is 6.13. The second-order valence-electron chi connectivity index (χ2n) is 14.6. The topological polar surface area (TPSA) is 0 Å². The molecule has 1 unspecified atom stereocenters. The van der Waals surface area contributed by atoms with Gasteiger partial charge in [0.15, 0.2) is 0 Å². The van der Waals surface area contributed by atoms with Gasteiger partial charge in [-0.1, -0.05) is 149 Å². The maximum atomic E-state index is 2.64. The molecule has 5 aromatic carbocycles.